The molecule has 1 aromatic heterocycles. The van der Waals surface area contributed by atoms with Gasteiger partial charge in [0.25, 0.3) is 0 Å². The van der Waals surface area contributed by atoms with Crippen molar-refractivity contribution in [3.8, 4) is 0 Å². The molecule has 1 aliphatic heterocycles. The topological polar surface area (TPSA) is 45.6 Å². The maximum absolute atomic E-state index is 9.81. The number of aliphatic hydroxyl groups excluding tert-OH is 1. The number of hydrogen-bond donors (Lipinski definition) is 1. The molecule has 4 heteroatoms. The number of rotatable bonds is 4. The fourth-order valence-electron chi connectivity index (χ4n) is 2.63. The maximum Gasteiger partial charge on any atom is 0.134 e. The van der Waals surface area contributed by atoms with Crippen LogP contribution in [0.25, 0.3) is 0 Å². The predicted octanol–water partition coefficient (Wildman–Crippen LogP) is 2.00. The maximum atomic E-state index is 9.81. The third-order valence-corrected chi connectivity index (χ3v) is 3.49. The first-order valence-corrected chi connectivity index (χ1v) is 6.59. The van der Waals surface area contributed by atoms with Crippen LogP contribution in [0.5, 0.6) is 0 Å². The van der Waals surface area contributed by atoms with Crippen molar-refractivity contribution in [2.24, 2.45) is 5.92 Å². The smallest absolute Gasteiger partial charge is 0.134 e. The highest BCUT2D eigenvalue weighted by atomic mass is 16.5. The second-order valence-corrected chi connectivity index (χ2v) is 5.00. The van der Waals surface area contributed by atoms with Crippen LogP contribution in [0.2, 0.25) is 0 Å². The Hall–Kier alpha value is -1.13. The van der Waals surface area contributed by atoms with Crippen LogP contribution in [0.1, 0.15) is 31.4 Å². The lowest BCUT2D eigenvalue weighted by molar-refractivity contribution is 0.142. The van der Waals surface area contributed by atoms with Crippen molar-refractivity contribution in [1.29, 1.82) is 0 Å². The van der Waals surface area contributed by atoms with E-state index < -0.39 is 6.10 Å². The molecule has 2 heterocycles. The van der Waals surface area contributed by atoms with Crippen LogP contribution < -0.4 is 4.90 Å². The van der Waals surface area contributed by atoms with Crippen LogP contribution in [-0.4, -0.2) is 36.9 Å². The number of aromatic nitrogens is 1. The van der Waals surface area contributed by atoms with E-state index in [9.17, 15) is 5.11 Å². The number of methoxy groups -OCH3 is 1. The van der Waals surface area contributed by atoms with Crippen LogP contribution in [0, 0.1) is 5.92 Å². The molecule has 100 valence electrons. The number of nitrogens with zero attached hydrogens (tertiary/aromatic N) is 2. The molecule has 1 aromatic rings. The summed E-state index contributed by atoms with van der Waals surface area (Å²) >= 11 is 0. The Labute approximate surface area is 109 Å². The van der Waals surface area contributed by atoms with Gasteiger partial charge in [-0.1, -0.05) is 6.07 Å². The molecule has 0 aliphatic carbocycles. The fourth-order valence-corrected chi connectivity index (χ4v) is 2.63. The zero-order valence-electron chi connectivity index (χ0n) is 11.2. The summed E-state index contributed by atoms with van der Waals surface area (Å²) in [5, 5.41) is 9.81. The van der Waals surface area contributed by atoms with E-state index in [1.165, 1.54) is 6.42 Å². The average molecular weight is 250 g/mol. The van der Waals surface area contributed by atoms with Gasteiger partial charge in [0.15, 0.2) is 0 Å². The van der Waals surface area contributed by atoms with Crippen molar-refractivity contribution < 1.29 is 9.84 Å². The molecule has 18 heavy (non-hydrogen) atoms. The lowest BCUT2D eigenvalue weighted by Crippen LogP contribution is -2.38. The molecule has 0 spiro atoms. The van der Waals surface area contributed by atoms with Gasteiger partial charge in [-0.05, 0) is 31.7 Å². The van der Waals surface area contributed by atoms with Crippen molar-refractivity contribution >= 4 is 5.82 Å². The normalized spacial score (nSPS) is 21.9. The van der Waals surface area contributed by atoms with E-state index in [4.69, 9.17) is 4.74 Å². The van der Waals surface area contributed by atoms with Gasteiger partial charge in [0.1, 0.15) is 5.82 Å². The Kier molecular flexibility index (Phi) is 4.55. The third kappa shape index (κ3) is 3.00. The molecule has 2 rings (SSSR count). The number of ether oxygens (including phenoxy) is 1. The van der Waals surface area contributed by atoms with Gasteiger partial charge >= 0.3 is 0 Å². The molecule has 2 unspecified atom stereocenters. The van der Waals surface area contributed by atoms with Gasteiger partial charge in [0, 0.05) is 32.0 Å². The van der Waals surface area contributed by atoms with E-state index in [2.05, 4.69) is 9.88 Å². The van der Waals surface area contributed by atoms with Crippen LogP contribution in [0.4, 0.5) is 5.82 Å². The monoisotopic (exact) mass is 250 g/mol. The molecule has 0 aromatic carbocycles. The zero-order chi connectivity index (χ0) is 13.0. The van der Waals surface area contributed by atoms with Gasteiger partial charge in [0.05, 0.1) is 12.7 Å². The molecule has 0 saturated carbocycles. The van der Waals surface area contributed by atoms with Gasteiger partial charge in [-0.25, -0.2) is 4.98 Å². The zero-order valence-corrected chi connectivity index (χ0v) is 11.2. The molecular weight excluding hydrogens is 228 g/mol. The molecule has 4 nitrogen and oxygen atoms in total. The number of hydrogen-bond acceptors (Lipinski definition) is 4. The molecule has 0 bridgehead atoms. The third-order valence-electron chi connectivity index (χ3n) is 3.49. The highest BCUT2D eigenvalue weighted by Gasteiger charge is 2.23. The van der Waals surface area contributed by atoms with Gasteiger partial charge in [-0.15, -0.1) is 0 Å². The standard InChI is InChI=1S/C14H22N2O2/c1-11(17)13-6-3-7-15-14(13)16-8-4-5-12(9-16)10-18-2/h3,6-7,11-12,17H,4-5,8-10H2,1-2H3. The Morgan fingerprint density at radius 3 is 3.17 bits per heavy atom. The highest BCUT2D eigenvalue weighted by molar-refractivity contribution is 5.48. The summed E-state index contributed by atoms with van der Waals surface area (Å²) in [5.74, 6) is 1.49. The molecule has 1 fully saturated rings. The largest absolute Gasteiger partial charge is 0.389 e. The summed E-state index contributed by atoms with van der Waals surface area (Å²) in [6.07, 6.45) is 3.68. The second-order valence-electron chi connectivity index (χ2n) is 5.00. The quantitative estimate of drug-likeness (QED) is 0.887. The Morgan fingerprint density at radius 1 is 1.61 bits per heavy atom. The van der Waals surface area contributed by atoms with E-state index in [0.29, 0.717) is 5.92 Å². The SMILES string of the molecule is COCC1CCCN(c2ncccc2C(C)O)C1. The number of piperidine rings is 1. The molecule has 1 aliphatic rings. The summed E-state index contributed by atoms with van der Waals surface area (Å²) in [6.45, 7) is 4.56. The van der Waals surface area contributed by atoms with E-state index in [1.54, 1.807) is 20.2 Å². The lowest BCUT2D eigenvalue weighted by Gasteiger charge is -2.34. The van der Waals surface area contributed by atoms with Crippen LogP contribution >= 0.6 is 0 Å². The number of pyridine rings is 1. The summed E-state index contributed by atoms with van der Waals surface area (Å²) in [6, 6.07) is 3.83. The molecule has 2 atom stereocenters. The summed E-state index contributed by atoms with van der Waals surface area (Å²) in [5.41, 5.74) is 0.913. The minimum absolute atomic E-state index is 0.475. The Morgan fingerprint density at radius 2 is 2.44 bits per heavy atom. The first-order valence-electron chi connectivity index (χ1n) is 6.59. The first-order chi connectivity index (χ1) is 8.72. The minimum Gasteiger partial charge on any atom is -0.389 e. The van der Waals surface area contributed by atoms with Crippen LogP contribution in [0.3, 0.4) is 0 Å². The highest BCUT2D eigenvalue weighted by Crippen LogP contribution is 2.27. The second kappa shape index (κ2) is 6.16. The van der Waals surface area contributed by atoms with Crippen molar-refractivity contribution in [2.75, 3.05) is 31.7 Å². The van der Waals surface area contributed by atoms with Crippen LogP contribution in [-0.2, 0) is 4.74 Å². The van der Waals surface area contributed by atoms with Crippen molar-refractivity contribution in [2.45, 2.75) is 25.9 Å². The lowest BCUT2D eigenvalue weighted by atomic mass is 9.98. The van der Waals surface area contributed by atoms with Crippen molar-refractivity contribution in [1.82, 2.24) is 4.98 Å². The fraction of sp³-hybridized carbons (Fsp3) is 0.643. The first kappa shape index (κ1) is 13.3. The van der Waals surface area contributed by atoms with E-state index >= 15 is 0 Å². The minimum atomic E-state index is -0.475. The number of anilines is 1. The summed E-state index contributed by atoms with van der Waals surface area (Å²) < 4.78 is 5.25. The molecule has 1 saturated heterocycles. The van der Waals surface area contributed by atoms with Crippen LogP contribution in [0.15, 0.2) is 18.3 Å². The van der Waals surface area contributed by atoms with E-state index in [0.717, 1.165) is 37.5 Å². The molecule has 1 N–H and O–H groups in total. The van der Waals surface area contributed by atoms with Gasteiger partial charge in [-0.3, -0.25) is 0 Å². The summed E-state index contributed by atoms with van der Waals surface area (Å²) in [7, 11) is 1.75. The summed E-state index contributed by atoms with van der Waals surface area (Å²) in [4.78, 5) is 6.72. The molecular formula is C14H22N2O2. The number of aliphatic hydroxyl groups is 1. The van der Waals surface area contributed by atoms with Gasteiger partial charge in [0.2, 0.25) is 0 Å². The molecule has 0 radical (unpaired) electrons. The van der Waals surface area contributed by atoms with Gasteiger partial charge < -0.3 is 14.7 Å². The van der Waals surface area contributed by atoms with Gasteiger partial charge in [-0.2, -0.15) is 0 Å². The predicted molar refractivity (Wildman–Crippen MR) is 71.7 cm³/mol. The van der Waals surface area contributed by atoms with E-state index in [1.807, 2.05) is 12.1 Å². The Balaban J connectivity index is 2.15. The molecule has 0 amide bonds. The average Bonchev–Trinajstić information content (AvgIpc) is 2.39. The van der Waals surface area contributed by atoms with Crippen molar-refractivity contribution in [3.05, 3.63) is 23.9 Å². The Bertz CT molecular complexity index is 380. The van der Waals surface area contributed by atoms with Crippen molar-refractivity contribution in [3.63, 3.8) is 0 Å². The van der Waals surface area contributed by atoms with E-state index in [-0.39, 0.29) is 0 Å².